The summed E-state index contributed by atoms with van der Waals surface area (Å²) >= 11 is 8.96. The van der Waals surface area contributed by atoms with E-state index in [1.54, 1.807) is 0 Å². The third kappa shape index (κ3) is 2.45. The van der Waals surface area contributed by atoms with Crippen molar-refractivity contribution in [3.05, 3.63) is 32.2 Å². The van der Waals surface area contributed by atoms with Crippen LogP contribution in [-0.4, -0.2) is 10.2 Å². The molecule has 0 saturated heterocycles. The van der Waals surface area contributed by atoms with Crippen LogP contribution in [0.5, 0.6) is 0 Å². The Kier molecular flexibility index (Phi) is 3.31. The second-order valence-corrected chi connectivity index (χ2v) is 5.31. The van der Waals surface area contributed by atoms with Crippen LogP contribution in [0.4, 0.5) is 19.6 Å². The fourth-order valence-electron chi connectivity index (χ4n) is 1.02. The van der Waals surface area contributed by atoms with E-state index in [1.807, 2.05) is 0 Å². The van der Waals surface area contributed by atoms with E-state index in [0.717, 1.165) is 17.4 Å². The molecule has 0 saturated carbocycles. The van der Waals surface area contributed by atoms with Crippen LogP contribution in [0.1, 0.15) is 0 Å². The molecule has 0 fully saturated rings. The van der Waals surface area contributed by atoms with E-state index in [2.05, 4.69) is 31.4 Å². The SMILES string of the molecule is Fc1cc(F)c(Nc2n[nH]c(=S)s2)cc1Br. The summed E-state index contributed by atoms with van der Waals surface area (Å²) in [7, 11) is 0. The molecule has 0 atom stereocenters. The second-order valence-electron chi connectivity index (χ2n) is 2.79. The summed E-state index contributed by atoms with van der Waals surface area (Å²) < 4.78 is 26.9. The van der Waals surface area contributed by atoms with E-state index in [9.17, 15) is 8.78 Å². The quantitative estimate of drug-likeness (QED) is 0.648. The first-order chi connectivity index (χ1) is 7.56. The minimum absolute atomic E-state index is 0.131. The Hall–Kier alpha value is -0.860. The van der Waals surface area contributed by atoms with Gasteiger partial charge in [0.2, 0.25) is 5.13 Å². The third-order valence-electron chi connectivity index (χ3n) is 1.69. The van der Waals surface area contributed by atoms with Gasteiger partial charge in [-0.3, -0.25) is 5.10 Å². The Morgan fingerprint density at radius 3 is 2.75 bits per heavy atom. The van der Waals surface area contributed by atoms with Crippen molar-refractivity contribution in [3.8, 4) is 0 Å². The number of rotatable bonds is 2. The van der Waals surface area contributed by atoms with Gasteiger partial charge >= 0.3 is 0 Å². The number of hydrogen-bond acceptors (Lipinski definition) is 4. The molecule has 1 aromatic carbocycles. The van der Waals surface area contributed by atoms with Crippen LogP contribution in [-0.2, 0) is 0 Å². The molecule has 0 aliphatic heterocycles. The van der Waals surface area contributed by atoms with Gasteiger partial charge in [-0.2, -0.15) is 0 Å². The molecule has 2 aromatic rings. The van der Waals surface area contributed by atoms with Crippen LogP contribution in [0, 0.1) is 15.6 Å². The van der Waals surface area contributed by atoms with Gasteiger partial charge in [-0.05, 0) is 34.2 Å². The lowest BCUT2D eigenvalue weighted by Gasteiger charge is -2.04. The third-order valence-corrected chi connectivity index (χ3v) is 3.30. The van der Waals surface area contributed by atoms with E-state index in [1.165, 1.54) is 6.07 Å². The summed E-state index contributed by atoms with van der Waals surface area (Å²) in [6.45, 7) is 0. The number of H-pyrrole nitrogens is 1. The highest BCUT2D eigenvalue weighted by molar-refractivity contribution is 9.10. The number of nitrogens with zero attached hydrogens (tertiary/aromatic N) is 1. The molecular formula is C8H4BrF2N3S2. The average molecular weight is 324 g/mol. The molecule has 2 rings (SSSR count). The van der Waals surface area contributed by atoms with Gasteiger partial charge in [0.05, 0.1) is 10.2 Å². The molecule has 84 valence electrons. The molecule has 0 spiro atoms. The van der Waals surface area contributed by atoms with Crippen molar-refractivity contribution in [2.45, 2.75) is 0 Å². The van der Waals surface area contributed by atoms with Crippen LogP contribution < -0.4 is 5.32 Å². The molecule has 3 nitrogen and oxygen atoms in total. The highest BCUT2D eigenvalue weighted by Crippen LogP contribution is 2.26. The summed E-state index contributed by atoms with van der Waals surface area (Å²) in [4.78, 5) is 0. The van der Waals surface area contributed by atoms with E-state index >= 15 is 0 Å². The van der Waals surface area contributed by atoms with E-state index < -0.39 is 11.6 Å². The summed E-state index contributed by atoms with van der Waals surface area (Å²) in [5.74, 6) is -1.35. The lowest BCUT2D eigenvalue weighted by Crippen LogP contribution is -1.95. The maximum absolute atomic E-state index is 13.3. The van der Waals surface area contributed by atoms with Crippen LogP contribution in [0.3, 0.4) is 0 Å². The van der Waals surface area contributed by atoms with Gasteiger partial charge in [-0.25, -0.2) is 8.78 Å². The number of benzene rings is 1. The van der Waals surface area contributed by atoms with Crippen molar-refractivity contribution >= 4 is 50.3 Å². The smallest absolute Gasteiger partial charge is 0.208 e. The summed E-state index contributed by atoms with van der Waals surface area (Å²) in [5.41, 5.74) is 0.131. The molecular weight excluding hydrogens is 320 g/mol. The zero-order valence-electron chi connectivity index (χ0n) is 7.55. The number of hydrogen-bond donors (Lipinski definition) is 2. The lowest BCUT2D eigenvalue weighted by molar-refractivity contribution is 0.581. The summed E-state index contributed by atoms with van der Waals surface area (Å²) in [6.07, 6.45) is 0. The van der Waals surface area contributed by atoms with Crippen LogP contribution in [0.25, 0.3) is 0 Å². The Bertz CT molecular complexity index is 581. The molecule has 0 radical (unpaired) electrons. The van der Waals surface area contributed by atoms with Gasteiger partial charge in [0, 0.05) is 6.07 Å². The van der Waals surface area contributed by atoms with Crippen LogP contribution in [0.2, 0.25) is 0 Å². The van der Waals surface area contributed by atoms with E-state index in [4.69, 9.17) is 12.2 Å². The highest BCUT2D eigenvalue weighted by Gasteiger charge is 2.09. The number of nitrogens with one attached hydrogen (secondary N) is 2. The Balaban J connectivity index is 2.34. The van der Waals surface area contributed by atoms with Crippen molar-refractivity contribution in [3.63, 3.8) is 0 Å². The number of aromatic amines is 1. The zero-order chi connectivity index (χ0) is 11.7. The molecule has 8 heteroatoms. The summed E-state index contributed by atoms with van der Waals surface area (Å²) in [5, 5.41) is 9.47. The zero-order valence-corrected chi connectivity index (χ0v) is 10.8. The number of aromatic nitrogens is 2. The largest absolute Gasteiger partial charge is 0.328 e. The highest BCUT2D eigenvalue weighted by atomic mass is 79.9. The normalized spacial score (nSPS) is 10.4. The molecule has 0 amide bonds. The fourth-order valence-corrected chi connectivity index (χ4v) is 2.16. The van der Waals surface area contributed by atoms with Crippen molar-refractivity contribution in [2.75, 3.05) is 5.32 Å². The predicted molar refractivity (Wildman–Crippen MR) is 64.6 cm³/mol. The Morgan fingerprint density at radius 1 is 1.38 bits per heavy atom. The monoisotopic (exact) mass is 323 g/mol. The van der Waals surface area contributed by atoms with Gasteiger partial charge in [0.25, 0.3) is 0 Å². The van der Waals surface area contributed by atoms with E-state index in [0.29, 0.717) is 9.09 Å². The van der Waals surface area contributed by atoms with Gasteiger partial charge in [-0.1, -0.05) is 11.3 Å². The molecule has 1 heterocycles. The maximum Gasteiger partial charge on any atom is 0.208 e. The fraction of sp³-hybridized carbons (Fsp3) is 0. The number of halogens is 3. The molecule has 0 aliphatic carbocycles. The lowest BCUT2D eigenvalue weighted by atomic mass is 10.3. The molecule has 16 heavy (non-hydrogen) atoms. The molecule has 1 aromatic heterocycles. The predicted octanol–water partition coefficient (Wildman–Crippen LogP) is 3.98. The maximum atomic E-state index is 13.3. The van der Waals surface area contributed by atoms with Crippen LogP contribution >= 0.6 is 39.5 Å². The van der Waals surface area contributed by atoms with Crippen molar-refractivity contribution < 1.29 is 8.78 Å². The van der Waals surface area contributed by atoms with Crippen molar-refractivity contribution in [1.29, 1.82) is 0 Å². The average Bonchev–Trinajstić information content (AvgIpc) is 2.60. The van der Waals surface area contributed by atoms with Gasteiger partial charge < -0.3 is 5.32 Å². The van der Waals surface area contributed by atoms with Gasteiger partial charge in [-0.15, -0.1) is 5.10 Å². The topological polar surface area (TPSA) is 40.7 Å². The molecule has 2 N–H and O–H groups in total. The first kappa shape index (κ1) is 11.6. The minimum Gasteiger partial charge on any atom is -0.328 e. The second kappa shape index (κ2) is 4.56. The van der Waals surface area contributed by atoms with Crippen LogP contribution in [0.15, 0.2) is 16.6 Å². The summed E-state index contributed by atoms with van der Waals surface area (Å²) in [6, 6.07) is 2.09. The number of anilines is 2. The van der Waals surface area contributed by atoms with E-state index in [-0.39, 0.29) is 10.2 Å². The van der Waals surface area contributed by atoms with Crippen molar-refractivity contribution in [2.24, 2.45) is 0 Å². The molecule has 0 aliphatic rings. The van der Waals surface area contributed by atoms with Crippen molar-refractivity contribution in [1.82, 2.24) is 10.2 Å². The molecule has 0 unspecified atom stereocenters. The first-order valence-electron chi connectivity index (χ1n) is 4.03. The van der Waals surface area contributed by atoms with Gasteiger partial charge in [0.15, 0.2) is 3.95 Å². The Morgan fingerprint density at radius 2 is 2.12 bits per heavy atom. The minimum atomic E-state index is -0.693. The first-order valence-corrected chi connectivity index (χ1v) is 6.05. The Labute approximate surface area is 107 Å². The molecule has 0 bridgehead atoms. The van der Waals surface area contributed by atoms with Gasteiger partial charge in [0.1, 0.15) is 11.6 Å². The standard InChI is InChI=1S/C8H4BrF2N3S2/c9-3-1-6(5(11)2-4(3)10)12-7-13-14-8(15)16-7/h1-2H,(H,12,13)(H,14,15).